The number of carbonyl (C=O) groups is 1. The zero-order valence-corrected chi connectivity index (χ0v) is 12.4. The Kier molecular flexibility index (Phi) is 5.07. The van der Waals surface area contributed by atoms with Crippen molar-refractivity contribution < 1.29 is 4.79 Å². The molecule has 3 nitrogen and oxygen atoms in total. The number of halogens is 1. The Morgan fingerprint density at radius 1 is 1.44 bits per heavy atom. The van der Waals surface area contributed by atoms with E-state index in [0.29, 0.717) is 5.41 Å². The quantitative estimate of drug-likeness (QED) is 0.782. The second-order valence-electron chi connectivity index (χ2n) is 6.34. The molecule has 0 heterocycles. The minimum Gasteiger partial charge on any atom is -0.354 e. The third-order valence-corrected chi connectivity index (χ3v) is 4.68. The van der Waals surface area contributed by atoms with Crippen molar-refractivity contribution in [1.82, 2.24) is 5.32 Å². The van der Waals surface area contributed by atoms with E-state index < -0.39 is 5.54 Å². The third kappa shape index (κ3) is 3.18. The van der Waals surface area contributed by atoms with Crippen LogP contribution >= 0.6 is 12.4 Å². The molecule has 0 aromatic carbocycles. The Bertz CT molecular complexity index is 296. The van der Waals surface area contributed by atoms with E-state index in [1.54, 1.807) is 0 Å². The van der Waals surface area contributed by atoms with Gasteiger partial charge in [-0.25, -0.2) is 0 Å². The Labute approximate surface area is 117 Å². The van der Waals surface area contributed by atoms with Crippen molar-refractivity contribution in [3.8, 4) is 0 Å². The minimum atomic E-state index is -0.691. The van der Waals surface area contributed by atoms with Crippen LogP contribution in [0.3, 0.4) is 0 Å². The first kappa shape index (κ1) is 15.8. The number of hydrogen-bond acceptors (Lipinski definition) is 2. The fraction of sp³-hybridized carbons (Fsp3) is 0.929. The van der Waals surface area contributed by atoms with Crippen molar-refractivity contribution in [1.29, 1.82) is 0 Å². The highest BCUT2D eigenvalue weighted by atomic mass is 35.5. The highest BCUT2D eigenvalue weighted by Crippen LogP contribution is 2.56. The molecule has 2 fully saturated rings. The van der Waals surface area contributed by atoms with Gasteiger partial charge in [0.25, 0.3) is 0 Å². The molecule has 2 rings (SSSR count). The Morgan fingerprint density at radius 3 is 2.44 bits per heavy atom. The van der Waals surface area contributed by atoms with Crippen LogP contribution in [0.4, 0.5) is 0 Å². The number of amides is 1. The molecule has 1 amide bonds. The van der Waals surface area contributed by atoms with E-state index >= 15 is 0 Å². The Morgan fingerprint density at radius 2 is 2.06 bits per heavy atom. The first-order chi connectivity index (χ1) is 8.00. The van der Waals surface area contributed by atoms with E-state index in [1.807, 2.05) is 6.92 Å². The molecule has 1 unspecified atom stereocenters. The zero-order valence-electron chi connectivity index (χ0n) is 11.6. The molecule has 0 aromatic heterocycles. The van der Waals surface area contributed by atoms with Gasteiger partial charge in [-0.15, -0.1) is 12.4 Å². The normalized spacial score (nSPS) is 24.4. The van der Waals surface area contributed by atoms with Gasteiger partial charge in [0.05, 0.1) is 5.54 Å². The topological polar surface area (TPSA) is 55.1 Å². The predicted molar refractivity (Wildman–Crippen MR) is 76.8 cm³/mol. The molecule has 2 saturated carbocycles. The van der Waals surface area contributed by atoms with Crippen LogP contribution in [0.1, 0.15) is 58.8 Å². The van der Waals surface area contributed by atoms with Crippen molar-refractivity contribution in [2.45, 2.75) is 64.3 Å². The van der Waals surface area contributed by atoms with E-state index in [4.69, 9.17) is 5.73 Å². The van der Waals surface area contributed by atoms with Crippen LogP contribution in [0.25, 0.3) is 0 Å². The van der Waals surface area contributed by atoms with Crippen molar-refractivity contribution in [2.24, 2.45) is 17.1 Å². The van der Waals surface area contributed by atoms with E-state index in [2.05, 4.69) is 12.2 Å². The molecule has 4 heteroatoms. The lowest BCUT2D eigenvalue weighted by Crippen LogP contribution is -2.54. The Hall–Kier alpha value is -0.280. The fourth-order valence-corrected chi connectivity index (χ4v) is 3.15. The summed E-state index contributed by atoms with van der Waals surface area (Å²) >= 11 is 0. The molecule has 3 N–H and O–H groups in total. The van der Waals surface area contributed by atoms with E-state index in [1.165, 1.54) is 32.1 Å². The van der Waals surface area contributed by atoms with Crippen LogP contribution in [-0.4, -0.2) is 18.0 Å². The van der Waals surface area contributed by atoms with Gasteiger partial charge in [0, 0.05) is 6.54 Å². The monoisotopic (exact) mass is 274 g/mol. The maximum atomic E-state index is 12.0. The highest BCUT2D eigenvalue weighted by Gasteiger charge is 2.49. The molecule has 18 heavy (non-hydrogen) atoms. The number of nitrogens with two attached hydrogens (primary N) is 1. The van der Waals surface area contributed by atoms with Crippen LogP contribution in [0.5, 0.6) is 0 Å². The molecule has 0 aromatic rings. The van der Waals surface area contributed by atoms with Gasteiger partial charge >= 0.3 is 0 Å². The van der Waals surface area contributed by atoms with Gasteiger partial charge < -0.3 is 11.1 Å². The largest absolute Gasteiger partial charge is 0.354 e. The molecule has 0 aliphatic heterocycles. The van der Waals surface area contributed by atoms with Crippen molar-refractivity contribution >= 4 is 18.3 Å². The van der Waals surface area contributed by atoms with Gasteiger partial charge in [-0.3, -0.25) is 4.79 Å². The van der Waals surface area contributed by atoms with E-state index in [9.17, 15) is 4.79 Å². The zero-order chi connectivity index (χ0) is 12.5. The average Bonchev–Trinajstić information content (AvgIpc) is 3.00. The summed E-state index contributed by atoms with van der Waals surface area (Å²) in [6.07, 6.45) is 8.38. The summed E-state index contributed by atoms with van der Waals surface area (Å²) in [5, 5.41) is 3.11. The maximum Gasteiger partial charge on any atom is 0.239 e. The van der Waals surface area contributed by atoms with Crippen molar-refractivity contribution in [2.75, 3.05) is 6.54 Å². The maximum absolute atomic E-state index is 12.0. The lowest BCUT2D eigenvalue weighted by Gasteiger charge is -2.43. The first-order valence-electron chi connectivity index (χ1n) is 7.07. The number of carbonyl (C=O) groups excluding carboxylic acids is 1. The standard InChI is InChI=1S/C14H26N2O.ClH/c1-3-7-13(2,15)12(17)16-10-14(8-4-9-14)11-5-6-11;/h11H,3-10,15H2,1-2H3,(H,16,17);1H. The average molecular weight is 275 g/mol. The summed E-state index contributed by atoms with van der Waals surface area (Å²) < 4.78 is 0. The van der Waals surface area contributed by atoms with Gasteiger partial charge in [-0.1, -0.05) is 19.8 Å². The summed E-state index contributed by atoms with van der Waals surface area (Å²) in [6, 6.07) is 0. The van der Waals surface area contributed by atoms with E-state index in [0.717, 1.165) is 25.3 Å². The summed E-state index contributed by atoms with van der Waals surface area (Å²) in [7, 11) is 0. The van der Waals surface area contributed by atoms with Crippen LogP contribution in [-0.2, 0) is 4.79 Å². The van der Waals surface area contributed by atoms with Gasteiger partial charge in [-0.2, -0.15) is 0 Å². The van der Waals surface area contributed by atoms with Gasteiger partial charge in [0.2, 0.25) is 5.91 Å². The summed E-state index contributed by atoms with van der Waals surface area (Å²) in [5.74, 6) is 0.915. The molecular weight excluding hydrogens is 248 g/mol. The second kappa shape index (κ2) is 5.79. The fourth-order valence-electron chi connectivity index (χ4n) is 3.15. The summed E-state index contributed by atoms with van der Waals surface area (Å²) in [4.78, 5) is 12.0. The highest BCUT2D eigenvalue weighted by molar-refractivity contribution is 5.85. The first-order valence-corrected chi connectivity index (χ1v) is 7.07. The smallest absolute Gasteiger partial charge is 0.239 e. The molecule has 106 valence electrons. The minimum absolute atomic E-state index is 0. The molecule has 0 bridgehead atoms. The van der Waals surface area contributed by atoms with Crippen molar-refractivity contribution in [3.05, 3.63) is 0 Å². The van der Waals surface area contributed by atoms with Crippen molar-refractivity contribution in [3.63, 3.8) is 0 Å². The molecule has 1 atom stereocenters. The lowest BCUT2D eigenvalue weighted by molar-refractivity contribution is -0.127. The number of rotatable bonds is 6. The molecule has 0 saturated heterocycles. The van der Waals surface area contributed by atoms with E-state index in [-0.39, 0.29) is 18.3 Å². The van der Waals surface area contributed by atoms with Crippen LogP contribution in [0.15, 0.2) is 0 Å². The molecule has 2 aliphatic carbocycles. The SMILES string of the molecule is CCCC(C)(N)C(=O)NCC1(C2CC2)CCC1.Cl. The number of hydrogen-bond donors (Lipinski definition) is 2. The molecule has 2 aliphatic rings. The molecular formula is C14H27ClN2O. The van der Waals surface area contributed by atoms with Gasteiger partial charge in [-0.05, 0) is 50.4 Å². The van der Waals surface area contributed by atoms with Gasteiger partial charge in [0.15, 0.2) is 0 Å². The number of nitrogens with one attached hydrogen (secondary N) is 1. The van der Waals surface area contributed by atoms with Crippen LogP contribution < -0.4 is 11.1 Å². The van der Waals surface area contributed by atoms with Crippen LogP contribution in [0, 0.1) is 11.3 Å². The third-order valence-electron chi connectivity index (χ3n) is 4.68. The van der Waals surface area contributed by atoms with Gasteiger partial charge in [0.1, 0.15) is 0 Å². The Balaban J connectivity index is 0.00000162. The summed E-state index contributed by atoms with van der Waals surface area (Å²) in [6.45, 7) is 4.76. The second-order valence-corrected chi connectivity index (χ2v) is 6.34. The molecule has 0 radical (unpaired) electrons. The predicted octanol–water partition coefficient (Wildman–Crippen LogP) is 2.62. The summed E-state index contributed by atoms with van der Waals surface area (Å²) in [5.41, 5.74) is 5.79. The van der Waals surface area contributed by atoms with Crippen LogP contribution in [0.2, 0.25) is 0 Å². The molecule has 0 spiro atoms. The lowest BCUT2D eigenvalue weighted by atomic mass is 9.65.